The molecule has 0 aliphatic heterocycles. The lowest BCUT2D eigenvalue weighted by Crippen LogP contribution is -2.35. The van der Waals surface area contributed by atoms with Gasteiger partial charge in [0.1, 0.15) is 0 Å². The van der Waals surface area contributed by atoms with Gasteiger partial charge >= 0.3 is 0 Å². The van der Waals surface area contributed by atoms with Gasteiger partial charge in [0.25, 0.3) is 5.91 Å². The van der Waals surface area contributed by atoms with Crippen molar-refractivity contribution in [1.82, 2.24) is 5.43 Å². The number of rotatable bonds is 3. The van der Waals surface area contributed by atoms with Gasteiger partial charge in [-0.1, -0.05) is 25.5 Å². The zero-order chi connectivity index (χ0) is 15.1. The summed E-state index contributed by atoms with van der Waals surface area (Å²) in [6.45, 7) is 2.26. The summed E-state index contributed by atoms with van der Waals surface area (Å²) < 4.78 is 0. The first-order chi connectivity index (χ1) is 10.7. The Kier molecular flexibility index (Phi) is 3.65. The molecular weight excluding hydrogens is 292 g/mol. The van der Waals surface area contributed by atoms with E-state index in [2.05, 4.69) is 35.7 Å². The van der Waals surface area contributed by atoms with Crippen LogP contribution in [0.5, 0.6) is 0 Å². The fourth-order valence-corrected chi connectivity index (χ4v) is 5.00. The van der Waals surface area contributed by atoms with Crippen LogP contribution in [-0.4, -0.2) is 11.6 Å². The molecule has 3 aliphatic rings. The van der Waals surface area contributed by atoms with Gasteiger partial charge in [0.15, 0.2) is 0 Å². The van der Waals surface area contributed by atoms with E-state index in [9.17, 15) is 4.79 Å². The summed E-state index contributed by atoms with van der Waals surface area (Å²) in [5.74, 6) is 1.99. The van der Waals surface area contributed by atoms with Crippen LogP contribution in [0.4, 0.5) is 0 Å². The average molecular weight is 314 g/mol. The highest BCUT2D eigenvalue weighted by Crippen LogP contribution is 2.40. The molecule has 1 fully saturated rings. The van der Waals surface area contributed by atoms with Crippen molar-refractivity contribution >= 4 is 23.0 Å². The number of allylic oxidation sites excluding steroid dienone is 2. The van der Waals surface area contributed by atoms with Crippen molar-refractivity contribution in [3.05, 3.63) is 33.5 Å². The van der Waals surface area contributed by atoms with Crippen molar-refractivity contribution in [1.29, 1.82) is 0 Å². The lowest BCUT2D eigenvalue weighted by molar-refractivity contribution is 0.0958. The highest BCUT2D eigenvalue weighted by molar-refractivity contribution is 7.14. The van der Waals surface area contributed by atoms with E-state index in [0.717, 1.165) is 42.2 Å². The average Bonchev–Trinajstić information content (AvgIpc) is 3.10. The van der Waals surface area contributed by atoms with Gasteiger partial charge in [0.05, 0.1) is 4.88 Å². The summed E-state index contributed by atoms with van der Waals surface area (Å²) in [7, 11) is 0. The molecule has 1 amide bonds. The summed E-state index contributed by atoms with van der Waals surface area (Å²) in [6.07, 6.45) is 11.4. The van der Waals surface area contributed by atoms with Gasteiger partial charge in [0, 0.05) is 16.5 Å². The van der Waals surface area contributed by atoms with E-state index >= 15 is 0 Å². The highest BCUT2D eigenvalue weighted by atomic mass is 32.1. The molecule has 22 heavy (non-hydrogen) atoms. The molecule has 0 aromatic carbocycles. The number of amides is 1. The van der Waals surface area contributed by atoms with E-state index in [1.165, 1.54) is 23.3 Å². The van der Waals surface area contributed by atoms with E-state index < -0.39 is 0 Å². The molecule has 0 spiro atoms. The maximum atomic E-state index is 12.3. The first-order valence-electron chi connectivity index (χ1n) is 8.39. The van der Waals surface area contributed by atoms with Crippen LogP contribution in [0.25, 0.3) is 0 Å². The second-order valence-corrected chi connectivity index (χ2v) is 7.90. The third-order valence-corrected chi connectivity index (χ3v) is 6.69. The Morgan fingerprint density at radius 3 is 3.18 bits per heavy atom. The van der Waals surface area contributed by atoms with Crippen LogP contribution < -0.4 is 5.43 Å². The van der Waals surface area contributed by atoms with Crippen molar-refractivity contribution in [3.63, 3.8) is 0 Å². The number of nitrogens with one attached hydrogen (secondary N) is 1. The maximum Gasteiger partial charge on any atom is 0.281 e. The number of hydrogen-bond donors (Lipinski definition) is 1. The topological polar surface area (TPSA) is 41.5 Å². The molecule has 3 atom stereocenters. The fraction of sp³-hybridized carbons (Fsp3) is 0.556. The number of hydrazone groups is 1. The summed E-state index contributed by atoms with van der Waals surface area (Å²) in [5, 5.41) is 4.37. The minimum atomic E-state index is -0.0330. The number of aryl methyl sites for hydroxylation is 1. The molecule has 0 radical (unpaired) electrons. The zero-order valence-electron chi connectivity index (χ0n) is 13.0. The third kappa shape index (κ3) is 2.43. The monoisotopic (exact) mass is 314 g/mol. The van der Waals surface area contributed by atoms with Crippen LogP contribution in [0.1, 0.15) is 52.7 Å². The van der Waals surface area contributed by atoms with Gasteiger partial charge in [-0.15, -0.1) is 11.3 Å². The SMILES string of the molecule is CCC1CCc2sc(C(=O)NN=C3CC4C=CCC34)cc2C1. The van der Waals surface area contributed by atoms with Crippen molar-refractivity contribution in [2.45, 2.75) is 45.4 Å². The Labute approximate surface area is 135 Å². The lowest BCUT2D eigenvalue weighted by Gasteiger charge is -2.31. The Morgan fingerprint density at radius 1 is 1.45 bits per heavy atom. The third-order valence-electron chi connectivity index (χ3n) is 5.45. The summed E-state index contributed by atoms with van der Waals surface area (Å²) in [4.78, 5) is 14.6. The second-order valence-electron chi connectivity index (χ2n) is 6.76. The summed E-state index contributed by atoms with van der Waals surface area (Å²) >= 11 is 1.66. The molecule has 1 aromatic heterocycles. The van der Waals surface area contributed by atoms with Crippen molar-refractivity contribution < 1.29 is 4.79 Å². The quantitative estimate of drug-likeness (QED) is 0.666. The number of carbonyl (C=O) groups is 1. The van der Waals surface area contributed by atoms with Crippen molar-refractivity contribution in [2.24, 2.45) is 22.9 Å². The number of carbonyl (C=O) groups excluding carboxylic acids is 1. The molecule has 1 heterocycles. The van der Waals surface area contributed by atoms with Crippen molar-refractivity contribution in [2.75, 3.05) is 0 Å². The smallest absolute Gasteiger partial charge is 0.266 e. The number of thiophene rings is 1. The van der Waals surface area contributed by atoms with E-state index in [4.69, 9.17) is 0 Å². The highest BCUT2D eigenvalue weighted by Gasteiger charge is 2.38. The fourth-order valence-electron chi connectivity index (χ4n) is 3.90. The Hall–Kier alpha value is -1.42. The Bertz CT molecular complexity index is 658. The molecule has 0 bridgehead atoms. The lowest BCUT2D eigenvalue weighted by atomic mass is 9.74. The molecule has 4 rings (SSSR count). The van der Waals surface area contributed by atoms with Gasteiger partial charge < -0.3 is 0 Å². The zero-order valence-corrected chi connectivity index (χ0v) is 13.8. The molecule has 3 aliphatic carbocycles. The van der Waals surface area contributed by atoms with E-state index in [1.807, 2.05) is 0 Å². The van der Waals surface area contributed by atoms with Gasteiger partial charge in [0.2, 0.25) is 0 Å². The van der Waals surface area contributed by atoms with Crippen LogP contribution in [0.3, 0.4) is 0 Å². The molecule has 116 valence electrons. The predicted molar refractivity (Wildman–Crippen MR) is 90.4 cm³/mol. The first-order valence-corrected chi connectivity index (χ1v) is 9.21. The van der Waals surface area contributed by atoms with Crippen LogP contribution in [-0.2, 0) is 12.8 Å². The molecule has 3 nitrogen and oxygen atoms in total. The standard InChI is InChI=1S/C18H22N2OS/c1-2-11-6-7-16-13(8-11)10-17(22-16)18(21)20-19-15-9-12-4-3-5-14(12)15/h3-4,10-12,14H,2,5-9H2,1H3,(H,20,21). The molecule has 1 aromatic rings. The van der Waals surface area contributed by atoms with Gasteiger partial charge in [-0.25, -0.2) is 5.43 Å². The molecule has 3 unspecified atom stereocenters. The van der Waals surface area contributed by atoms with E-state index in [1.54, 1.807) is 11.3 Å². The summed E-state index contributed by atoms with van der Waals surface area (Å²) in [6, 6.07) is 2.10. The van der Waals surface area contributed by atoms with Crippen LogP contribution in [0, 0.1) is 17.8 Å². The largest absolute Gasteiger partial charge is 0.281 e. The molecule has 0 saturated heterocycles. The number of hydrogen-bond acceptors (Lipinski definition) is 3. The molecular formula is C18H22N2OS. The minimum absolute atomic E-state index is 0.0330. The first kappa shape index (κ1) is 14.2. The van der Waals surface area contributed by atoms with Crippen LogP contribution >= 0.6 is 11.3 Å². The predicted octanol–water partition coefficient (Wildman–Crippen LogP) is 3.94. The minimum Gasteiger partial charge on any atom is -0.266 e. The Morgan fingerprint density at radius 2 is 2.36 bits per heavy atom. The summed E-state index contributed by atoms with van der Waals surface area (Å²) in [5.41, 5.74) is 5.34. The number of nitrogens with zero attached hydrogens (tertiary/aromatic N) is 1. The van der Waals surface area contributed by atoms with Crippen molar-refractivity contribution in [3.8, 4) is 0 Å². The normalized spacial score (nSPS) is 30.8. The Balaban J connectivity index is 1.41. The number of fused-ring (bicyclic) bond motifs is 2. The van der Waals surface area contributed by atoms with Gasteiger partial charge in [-0.2, -0.15) is 5.10 Å². The molecule has 1 N–H and O–H groups in total. The van der Waals surface area contributed by atoms with E-state index in [-0.39, 0.29) is 5.91 Å². The van der Waals surface area contributed by atoms with Crippen LogP contribution in [0.2, 0.25) is 0 Å². The van der Waals surface area contributed by atoms with E-state index in [0.29, 0.717) is 11.8 Å². The maximum absolute atomic E-state index is 12.3. The van der Waals surface area contributed by atoms with Crippen LogP contribution in [0.15, 0.2) is 23.3 Å². The second kappa shape index (κ2) is 5.65. The van der Waals surface area contributed by atoms with Gasteiger partial charge in [-0.3, -0.25) is 4.79 Å². The molecule has 1 saturated carbocycles. The molecule has 4 heteroatoms. The van der Waals surface area contributed by atoms with Gasteiger partial charge in [-0.05, 0) is 55.6 Å².